The molecule has 0 aromatic carbocycles. The van der Waals surface area contributed by atoms with Gasteiger partial charge in [0.25, 0.3) is 0 Å². The van der Waals surface area contributed by atoms with Crippen LogP contribution in [0.2, 0.25) is 0 Å². The van der Waals surface area contributed by atoms with Crippen LogP contribution in [0.3, 0.4) is 0 Å². The summed E-state index contributed by atoms with van der Waals surface area (Å²) in [6, 6.07) is 5.61. The van der Waals surface area contributed by atoms with Gasteiger partial charge in [0, 0.05) is 12.2 Å². The number of nitrogens with one attached hydrogen (secondary N) is 1. The van der Waals surface area contributed by atoms with Crippen molar-refractivity contribution in [1.82, 2.24) is 29.7 Å². The zero-order valence-corrected chi connectivity index (χ0v) is 15.3. The molecule has 4 aromatic rings. The topological polar surface area (TPSA) is 81.4 Å². The molecule has 0 radical (unpaired) electrons. The summed E-state index contributed by atoms with van der Waals surface area (Å²) in [6.45, 7) is 6.17. The van der Waals surface area contributed by atoms with Crippen LogP contribution in [-0.4, -0.2) is 29.7 Å². The van der Waals surface area contributed by atoms with E-state index in [1.165, 1.54) is 11.3 Å². The molecule has 0 aliphatic rings. The molecule has 0 bridgehead atoms. The number of anilines is 2. The zero-order chi connectivity index (χ0) is 18.3. The number of aryl methyl sites for hydroxylation is 1. The maximum Gasteiger partial charge on any atom is 0.229 e. The quantitative estimate of drug-likeness (QED) is 0.583. The van der Waals surface area contributed by atoms with Crippen molar-refractivity contribution in [2.45, 2.75) is 26.8 Å². The molecule has 0 saturated carbocycles. The second kappa shape index (κ2) is 6.41. The van der Waals surface area contributed by atoms with Crippen LogP contribution in [0.1, 0.15) is 25.7 Å². The molecule has 4 heterocycles. The van der Waals surface area contributed by atoms with Gasteiger partial charge in [-0.3, -0.25) is 0 Å². The lowest BCUT2D eigenvalue weighted by atomic mass is 10.3. The molecule has 4 rings (SSSR count). The molecule has 0 fully saturated rings. The highest BCUT2D eigenvalue weighted by atomic mass is 32.1. The second-order valence-electron chi connectivity index (χ2n) is 6.05. The van der Waals surface area contributed by atoms with E-state index in [0.29, 0.717) is 10.7 Å². The van der Waals surface area contributed by atoms with Crippen LogP contribution in [0.15, 0.2) is 30.6 Å². The average molecular weight is 369 g/mol. The lowest BCUT2D eigenvalue weighted by molar-refractivity contribution is 0.602. The van der Waals surface area contributed by atoms with E-state index in [0.717, 1.165) is 22.4 Å². The Kier molecular flexibility index (Phi) is 4.08. The van der Waals surface area contributed by atoms with Crippen LogP contribution in [0.25, 0.3) is 20.9 Å². The van der Waals surface area contributed by atoms with E-state index in [2.05, 4.69) is 48.9 Å². The van der Waals surface area contributed by atoms with Gasteiger partial charge in [0.05, 0.1) is 11.1 Å². The number of thiophene rings is 1. The molecule has 9 heteroatoms. The summed E-state index contributed by atoms with van der Waals surface area (Å²) >= 11 is 1.47. The van der Waals surface area contributed by atoms with Gasteiger partial charge in [-0.25, -0.2) is 19.3 Å². The fourth-order valence-electron chi connectivity index (χ4n) is 2.81. The summed E-state index contributed by atoms with van der Waals surface area (Å²) in [5.74, 6) is 1.22. The summed E-state index contributed by atoms with van der Waals surface area (Å²) < 4.78 is 16.5. The molecule has 26 heavy (non-hydrogen) atoms. The third kappa shape index (κ3) is 2.90. The number of halogens is 1. The number of nitrogens with zero attached hydrogens (tertiary/aromatic N) is 6. The summed E-state index contributed by atoms with van der Waals surface area (Å²) in [7, 11) is 0. The molecule has 7 nitrogen and oxygen atoms in total. The second-order valence-corrected chi connectivity index (χ2v) is 7.08. The molecule has 0 aliphatic heterocycles. The average Bonchev–Trinajstić information content (AvgIpc) is 3.13. The van der Waals surface area contributed by atoms with Crippen LogP contribution in [-0.2, 0) is 0 Å². The normalized spacial score (nSPS) is 11.4. The molecule has 0 amide bonds. The molecule has 0 atom stereocenters. The standard InChI is InChI=1S/C17H16FN7S/c1-9(2)25-10(3)21-12-7-13(26-16(12)25)15-11(18)8-19-17(23-15)22-14-5-4-6-20-24-14/h4-9H,1-3H3,(H,19,22,23,24). The molecule has 132 valence electrons. The van der Waals surface area contributed by atoms with Crippen LogP contribution in [0.5, 0.6) is 0 Å². The van der Waals surface area contributed by atoms with Gasteiger partial charge in [-0.2, -0.15) is 5.10 Å². The van der Waals surface area contributed by atoms with Gasteiger partial charge < -0.3 is 9.88 Å². The van der Waals surface area contributed by atoms with Crippen molar-refractivity contribution >= 4 is 33.5 Å². The monoisotopic (exact) mass is 369 g/mol. The van der Waals surface area contributed by atoms with Crippen molar-refractivity contribution in [2.24, 2.45) is 0 Å². The lowest BCUT2D eigenvalue weighted by Gasteiger charge is -2.09. The Labute approximate surface area is 153 Å². The lowest BCUT2D eigenvalue weighted by Crippen LogP contribution is -2.02. The maximum absolute atomic E-state index is 14.4. The molecule has 4 aromatic heterocycles. The third-order valence-electron chi connectivity index (χ3n) is 3.85. The summed E-state index contributed by atoms with van der Waals surface area (Å²) in [6.07, 6.45) is 2.72. The van der Waals surface area contributed by atoms with E-state index in [-0.39, 0.29) is 17.7 Å². The van der Waals surface area contributed by atoms with Crippen molar-refractivity contribution in [2.75, 3.05) is 5.32 Å². The number of aromatic nitrogens is 6. The Morgan fingerprint density at radius 1 is 1.27 bits per heavy atom. The molecule has 0 aliphatic carbocycles. The molecule has 0 saturated heterocycles. The van der Waals surface area contributed by atoms with E-state index in [4.69, 9.17) is 0 Å². The first kappa shape index (κ1) is 16.5. The minimum atomic E-state index is -0.480. The van der Waals surface area contributed by atoms with Crippen molar-refractivity contribution in [3.63, 3.8) is 0 Å². The maximum atomic E-state index is 14.4. The Morgan fingerprint density at radius 2 is 2.12 bits per heavy atom. The van der Waals surface area contributed by atoms with Crippen molar-refractivity contribution < 1.29 is 4.39 Å². The number of fused-ring (bicyclic) bond motifs is 1. The fraction of sp³-hybridized carbons (Fsp3) is 0.235. The minimum absolute atomic E-state index is 0.238. The Hall–Kier alpha value is -2.94. The molecular formula is C17H16FN7S. The molecule has 1 N–H and O–H groups in total. The van der Waals surface area contributed by atoms with Crippen molar-refractivity contribution in [3.05, 3.63) is 42.2 Å². The Morgan fingerprint density at radius 3 is 2.85 bits per heavy atom. The predicted octanol–water partition coefficient (Wildman–Crippen LogP) is 4.12. The van der Waals surface area contributed by atoms with Gasteiger partial charge in [0.15, 0.2) is 11.6 Å². The molecule has 0 spiro atoms. The van der Waals surface area contributed by atoms with Gasteiger partial charge in [-0.05, 0) is 39.0 Å². The Balaban J connectivity index is 1.75. The predicted molar refractivity (Wildman–Crippen MR) is 99.0 cm³/mol. The number of hydrogen-bond acceptors (Lipinski definition) is 7. The smallest absolute Gasteiger partial charge is 0.229 e. The van der Waals surface area contributed by atoms with Crippen molar-refractivity contribution in [3.8, 4) is 10.6 Å². The van der Waals surface area contributed by atoms with E-state index in [9.17, 15) is 4.39 Å². The van der Waals surface area contributed by atoms with Gasteiger partial charge in [0.1, 0.15) is 21.9 Å². The fourth-order valence-corrected chi connectivity index (χ4v) is 4.08. The number of imidazole rings is 1. The first-order valence-electron chi connectivity index (χ1n) is 8.09. The van der Waals surface area contributed by atoms with Gasteiger partial charge in [-0.1, -0.05) is 0 Å². The van der Waals surface area contributed by atoms with E-state index in [1.807, 2.05) is 13.0 Å². The molecular weight excluding hydrogens is 353 g/mol. The Bertz CT molecular complexity index is 1070. The largest absolute Gasteiger partial charge is 0.317 e. The van der Waals surface area contributed by atoms with Crippen LogP contribution in [0, 0.1) is 12.7 Å². The van der Waals surface area contributed by atoms with Crippen LogP contribution >= 0.6 is 11.3 Å². The summed E-state index contributed by atoms with van der Waals surface area (Å²) in [5, 5.41) is 10.6. The first-order chi connectivity index (χ1) is 12.5. The summed E-state index contributed by atoms with van der Waals surface area (Å²) in [4.78, 5) is 14.6. The first-order valence-corrected chi connectivity index (χ1v) is 8.90. The third-order valence-corrected chi connectivity index (χ3v) is 4.98. The van der Waals surface area contributed by atoms with Gasteiger partial charge >= 0.3 is 0 Å². The highest BCUT2D eigenvalue weighted by Crippen LogP contribution is 2.35. The van der Waals surface area contributed by atoms with Gasteiger partial charge in [-0.15, -0.1) is 16.4 Å². The van der Waals surface area contributed by atoms with Crippen LogP contribution in [0.4, 0.5) is 16.2 Å². The van der Waals surface area contributed by atoms with E-state index in [1.54, 1.807) is 18.3 Å². The number of rotatable bonds is 4. The van der Waals surface area contributed by atoms with Crippen molar-refractivity contribution in [1.29, 1.82) is 0 Å². The van der Waals surface area contributed by atoms with Gasteiger partial charge in [0.2, 0.25) is 5.95 Å². The van der Waals surface area contributed by atoms with E-state index < -0.39 is 5.82 Å². The highest BCUT2D eigenvalue weighted by Gasteiger charge is 2.18. The zero-order valence-electron chi connectivity index (χ0n) is 14.4. The van der Waals surface area contributed by atoms with E-state index >= 15 is 0 Å². The van der Waals surface area contributed by atoms with Crippen LogP contribution < -0.4 is 5.32 Å². The SMILES string of the molecule is Cc1nc2cc(-c3nc(Nc4cccnn4)ncc3F)sc2n1C(C)C. The highest BCUT2D eigenvalue weighted by molar-refractivity contribution is 7.21. The molecule has 0 unspecified atom stereocenters. The summed E-state index contributed by atoms with van der Waals surface area (Å²) in [5.41, 5.74) is 1.08. The number of hydrogen-bond donors (Lipinski definition) is 1. The minimum Gasteiger partial charge on any atom is -0.317 e.